The number of halogens is 2. The van der Waals surface area contributed by atoms with Crippen molar-refractivity contribution in [2.45, 2.75) is 64.6 Å². The average Bonchev–Trinajstić information content (AvgIpc) is 2.86. The highest BCUT2D eigenvalue weighted by atomic mass is 35.5. The lowest BCUT2D eigenvalue weighted by Crippen LogP contribution is -2.54. The summed E-state index contributed by atoms with van der Waals surface area (Å²) < 4.78 is 28.8. The van der Waals surface area contributed by atoms with E-state index in [1.165, 1.54) is 17.0 Å². The quantitative estimate of drug-likeness (QED) is 0.318. The molecule has 214 valence electrons. The number of hydrogen-bond donors (Lipinski definition) is 1. The molecule has 0 aliphatic carbocycles. The van der Waals surface area contributed by atoms with Crippen LogP contribution in [0.4, 0.5) is 5.69 Å². The highest BCUT2D eigenvalue weighted by molar-refractivity contribution is 7.92. The van der Waals surface area contributed by atoms with Gasteiger partial charge in [-0.1, -0.05) is 64.7 Å². The van der Waals surface area contributed by atoms with Crippen molar-refractivity contribution in [3.8, 4) is 0 Å². The molecule has 0 aliphatic rings. The molecule has 0 heterocycles. The molecule has 2 amide bonds. The highest BCUT2D eigenvalue weighted by Gasteiger charge is 2.34. The Balaban J connectivity index is 2.07. The van der Waals surface area contributed by atoms with E-state index >= 15 is 0 Å². The van der Waals surface area contributed by atoms with Gasteiger partial charge in [0.05, 0.1) is 10.6 Å². The second kappa shape index (κ2) is 12.6. The smallest absolute Gasteiger partial charge is 0.264 e. The summed E-state index contributed by atoms with van der Waals surface area (Å²) >= 11 is 12.8. The van der Waals surface area contributed by atoms with Gasteiger partial charge in [0.25, 0.3) is 10.0 Å². The molecule has 0 bridgehead atoms. The van der Waals surface area contributed by atoms with Gasteiger partial charge in [-0.15, -0.1) is 0 Å². The van der Waals surface area contributed by atoms with Gasteiger partial charge < -0.3 is 10.2 Å². The van der Waals surface area contributed by atoms with Crippen LogP contribution < -0.4 is 9.62 Å². The fourth-order valence-corrected chi connectivity index (χ4v) is 5.92. The number of nitrogens with zero attached hydrogens (tertiary/aromatic N) is 2. The lowest BCUT2D eigenvalue weighted by molar-refractivity contribution is -0.140. The van der Waals surface area contributed by atoms with Crippen LogP contribution in [0.5, 0.6) is 0 Å². The molecular formula is C30H35Cl2N3O4S. The third kappa shape index (κ3) is 7.77. The first kappa shape index (κ1) is 31.5. The lowest BCUT2D eigenvalue weighted by atomic mass is 10.1. The molecule has 0 spiro atoms. The normalized spacial score (nSPS) is 12.5. The van der Waals surface area contributed by atoms with Crippen LogP contribution in [-0.4, -0.2) is 43.3 Å². The Hall–Kier alpha value is -3.07. The number of carbonyl (C=O) groups excluding carboxylic acids is 2. The first-order valence-corrected chi connectivity index (χ1v) is 15.0. The highest BCUT2D eigenvalue weighted by Crippen LogP contribution is 2.28. The van der Waals surface area contributed by atoms with Crippen molar-refractivity contribution in [1.29, 1.82) is 0 Å². The average molecular weight is 605 g/mol. The van der Waals surface area contributed by atoms with Gasteiger partial charge in [0.15, 0.2) is 0 Å². The van der Waals surface area contributed by atoms with Crippen molar-refractivity contribution in [3.05, 3.63) is 93.5 Å². The minimum absolute atomic E-state index is 0.0469. The standard InChI is InChI=1S/C30H35Cl2N3O4S/c1-20-10-14-23(15-11-20)35(40(38,39)24-16-12-21(2)13-17-24)19-28(36)34(22(3)29(37)33-30(4,5)6)18-25-26(31)8-7-9-27(25)32/h7-17,22H,18-19H2,1-6H3,(H,33,37)/t22-/m0/s1. The van der Waals surface area contributed by atoms with E-state index in [1.54, 1.807) is 61.5 Å². The van der Waals surface area contributed by atoms with Crippen LogP contribution in [-0.2, 0) is 26.2 Å². The van der Waals surface area contributed by atoms with Crippen LogP contribution in [0.25, 0.3) is 0 Å². The van der Waals surface area contributed by atoms with Crippen LogP contribution in [0.1, 0.15) is 44.4 Å². The summed E-state index contributed by atoms with van der Waals surface area (Å²) in [7, 11) is -4.14. The van der Waals surface area contributed by atoms with Crippen LogP contribution in [0.15, 0.2) is 71.6 Å². The Labute approximate surface area is 247 Å². The van der Waals surface area contributed by atoms with Gasteiger partial charge in [0.1, 0.15) is 12.6 Å². The number of amides is 2. The Kier molecular flexibility index (Phi) is 9.93. The largest absolute Gasteiger partial charge is 0.350 e. The van der Waals surface area contributed by atoms with Crippen molar-refractivity contribution in [3.63, 3.8) is 0 Å². The Morgan fingerprint density at radius 3 is 1.88 bits per heavy atom. The molecular weight excluding hydrogens is 569 g/mol. The van der Waals surface area contributed by atoms with Crippen molar-refractivity contribution >= 4 is 50.7 Å². The predicted molar refractivity (Wildman–Crippen MR) is 161 cm³/mol. The summed E-state index contributed by atoms with van der Waals surface area (Å²) in [6.07, 6.45) is 0. The molecule has 1 N–H and O–H groups in total. The zero-order valence-corrected chi connectivity index (χ0v) is 25.9. The second-order valence-electron chi connectivity index (χ2n) is 10.8. The summed E-state index contributed by atoms with van der Waals surface area (Å²) in [5.41, 5.74) is 2.06. The van der Waals surface area contributed by atoms with Gasteiger partial charge in [-0.25, -0.2) is 8.42 Å². The van der Waals surface area contributed by atoms with E-state index < -0.39 is 40.0 Å². The third-order valence-electron chi connectivity index (χ3n) is 6.27. The molecule has 3 aromatic rings. The van der Waals surface area contributed by atoms with Crippen LogP contribution in [0.2, 0.25) is 10.0 Å². The van der Waals surface area contributed by atoms with E-state index in [0.29, 0.717) is 21.3 Å². The molecule has 10 heteroatoms. The van der Waals surface area contributed by atoms with E-state index in [2.05, 4.69) is 5.32 Å². The number of rotatable bonds is 9. The van der Waals surface area contributed by atoms with Gasteiger partial charge in [0, 0.05) is 27.7 Å². The maximum atomic E-state index is 14.0. The van der Waals surface area contributed by atoms with Crippen LogP contribution in [0.3, 0.4) is 0 Å². The molecule has 0 aliphatic heterocycles. The first-order chi connectivity index (χ1) is 18.6. The summed E-state index contributed by atoms with van der Waals surface area (Å²) in [5, 5.41) is 3.55. The molecule has 7 nitrogen and oxygen atoms in total. The van der Waals surface area contributed by atoms with Crippen LogP contribution in [0, 0.1) is 13.8 Å². The molecule has 0 saturated carbocycles. The van der Waals surface area contributed by atoms with Crippen molar-refractivity contribution < 1.29 is 18.0 Å². The van der Waals surface area contributed by atoms with E-state index in [-0.39, 0.29) is 11.4 Å². The van der Waals surface area contributed by atoms with Gasteiger partial charge in [-0.3, -0.25) is 13.9 Å². The zero-order chi connectivity index (χ0) is 29.8. The number of aryl methyl sites for hydroxylation is 2. The SMILES string of the molecule is Cc1ccc(N(CC(=O)N(Cc2c(Cl)cccc2Cl)[C@@H](C)C(=O)NC(C)(C)C)S(=O)(=O)c2ccc(C)cc2)cc1. The molecule has 0 fully saturated rings. The van der Waals surface area contributed by atoms with Gasteiger partial charge in [-0.2, -0.15) is 0 Å². The van der Waals surface area contributed by atoms with Crippen molar-refractivity contribution in [1.82, 2.24) is 10.2 Å². The summed E-state index contributed by atoms with van der Waals surface area (Å²) in [4.78, 5) is 28.6. The Morgan fingerprint density at radius 1 is 0.875 bits per heavy atom. The van der Waals surface area contributed by atoms with E-state index in [1.807, 2.05) is 34.6 Å². The van der Waals surface area contributed by atoms with E-state index in [4.69, 9.17) is 23.2 Å². The number of benzene rings is 3. The number of carbonyl (C=O) groups is 2. The Bertz CT molecular complexity index is 1450. The van der Waals surface area contributed by atoms with Crippen molar-refractivity contribution in [2.24, 2.45) is 0 Å². The van der Waals surface area contributed by atoms with Crippen molar-refractivity contribution in [2.75, 3.05) is 10.8 Å². The van der Waals surface area contributed by atoms with Gasteiger partial charge in [-0.05, 0) is 77.9 Å². The fourth-order valence-electron chi connectivity index (χ4n) is 3.99. The van der Waals surface area contributed by atoms with Crippen LogP contribution >= 0.6 is 23.2 Å². The molecule has 0 radical (unpaired) electrons. The van der Waals surface area contributed by atoms with E-state index in [0.717, 1.165) is 15.4 Å². The maximum absolute atomic E-state index is 14.0. The maximum Gasteiger partial charge on any atom is 0.264 e. The number of hydrogen-bond acceptors (Lipinski definition) is 4. The third-order valence-corrected chi connectivity index (χ3v) is 8.76. The summed E-state index contributed by atoms with van der Waals surface area (Å²) in [6, 6.07) is 17.3. The summed E-state index contributed by atoms with van der Waals surface area (Å²) in [6.45, 7) is 10.2. The zero-order valence-electron chi connectivity index (χ0n) is 23.5. The number of sulfonamides is 1. The molecule has 0 aromatic heterocycles. The fraction of sp³-hybridized carbons (Fsp3) is 0.333. The predicted octanol–water partition coefficient (Wildman–Crippen LogP) is 6.14. The lowest BCUT2D eigenvalue weighted by Gasteiger charge is -2.34. The molecule has 0 saturated heterocycles. The monoisotopic (exact) mass is 603 g/mol. The first-order valence-electron chi connectivity index (χ1n) is 12.8. The Morgan fingerprint density at radius 2 is 1.38 bits per heavy atom. The topological polar surface area (TPSA) is 86.8 Å². The number of nitrogens with one attached hydrogen (secondary N) is 1. The van der Waals surface area contributed by atoms with Gasteiger partial charge in [0.2, 0.25) is 11.8 Å². The minimum Gasteiger partial charge on any atom is -0.350 e. The van der Waals surface area contributed by atoms with Gasteiger partial charge >= 0.3 is 0 Å². The molecule has 3 aromatic carbocycles. The molecule has 40 heavy (non-hydrogen) atoms. The number of anilines is 1. The second-order valence-corrected chi connectivity index (χ2v) is 13.5. The minimum atomic E-state index is -4.14. The van der Waals surface area contributed by atoms with E-state index in [9.17, 15) is 18.0 Å². The molecule has 3 rings (SSSR count). The molecule has 1 atom stereocenters. The summed E-state index contributed by atoms with van der Waals surface area (Å²) in [5.74, 6) is -0.990. The molecule has 0 unspecified atom stereocenters.